The minimum Gasteiger partial charge on any atom is -0.330 e. The number of para-hydroxylation sites is 2. The molecule has 23 heavy (non-hydrogen) atoms. The maximum absolute atomic E-state index is 5.59. The average molecular weight is 307 g/mol. The number of nitrogens with zero attached hydrogens (tertiary/aromatic N) is 2. The molecule has 0 spiro atoms. The molecule has 0 saturated heterocycles. The average Bonchev–Trinajstić information content (AvgIpc) is 2.95. The van der Waals surface area contributed by atoms with E-state index in [2.05, 4.69) is 59.2 Å². The number of hydrogen-bond acceptors (Lipinski definition) is 2. The Balaban J connectivity index is 1.78. The molecular formula is C20H25N3. The van der Waals surface area contributed by atoms with Gasteiger partial charge in [-0.1, -0.05) is 48.9 Å². The molecule has 0 atom stereocenters. The Morgan fingerprint density at radius 3 is 2.43 bits per heavy atom. The van der Waals surface area contributed by atoms with Gasteiger partial charge >= 0.3 is 0 Å². The van der Waals surface area contributed by atoms with E-state index in [4.69, 9.17) is 10.7 Å². The minimum atomic E-state index is 0.782. The highest BCUT2D eigenvalue weighted by atomic mass is 15.1. The minimum absolute atomic E-state index is 0.782. The fourth-order valence-corrected chi connectivity index (χ4v) is 3.06. The summed E-state index contributed by atoms with van der Waals surface area (Å²) < 4.78 is 2.39. The molecule has 2 aromatic carbocycles. The third kappa shape index (κ3) is 3.99. The summed E-state index contributed by atoms with van der Waals surface area (Å²) in [6.07, 6.45) is 5.51. The lowest BCUT2D eigenvalue weighted by molar-refractivity contribution is 0.620. The number of benzene rings is 2. The third-order valence-electron chi connectivity index (χ3n) is 4.31. The summed E-state index contributed by atoms with van der Waals surface area (Å²) in [5.41, 5.74) is 9.32. The smallest absolute Gasteiger partial charge is 0.109 e. The Morgan fingerprint density at radius 1 is 0.826 bits per heavy atom. The van der Waals surface area contributed by atoms with Crippen molar-refractivity contribution in [3.8, 4) is 0 Å². The highest BCUT2D eigenvalue weighted by Crippen LogP contribution is 2.18. The van der Waals surface area contributed by atoms with Crippen LogP contribution in [0, 0.1) is 0 Å². The molecule has 0 fully saturated rings. The number of aryl methyl sites for hydroxylation is 3. The summed E-state index contributed by atoms with van der Waals surface area (Å²) in [6, 6.07) is 19.1. The standard InChI is InChI=1S/C20H25N3/c21-15-8-2-5-13-20-22-18-11-6-7-12-19(18)23(20)16-14-17-9-3-1-4-10-17/h1,3-4,6-7,9-12H,2,5,8,13-16,21H2. The van der Waals surface area contributed by atoms with Gasteiger partial charge in [-0.15, -0.1) is 0 Å². The molecule has 0 bridgehead atoms. The molecule has 120 valence electrons. The highest BCUT2D eigenvalue weighted by molar-refractivity contribution is 5.75. The maximum atomic E-state index is 5.59. The lowest BCUT2D eigenvalue weighted by Crippen LogP contribution is -2.07. The van der Waals surface area contributed by atoms with Gasteiger partial charge in [0.1, 0.15) is 5.82 Å². The Hall–Kier alpha value is -2.13. The summed E-state index contributed by atoms with van der Waals surface area (Å²) in [6.45, 7) is 1.77. The SMILES string of the molecule is NCCCCCc1nc2ccccc2n1CCc1ccccc1. The number of nitrogens with two attached hydrogens (primary N) is 1. The van der Waals surface area contributed by atoms with E-state index in [0.29, 0.717) is 0 Å². The summed E-state index contributed by atoms with van der Waals surface area (Å²) in [5, 5.41) is 0. The first-order valence-electron chi connectivity index (χ1n) is 8.56. The van der Waals surface area contributed by atoms with Gasteiger partial charge in [0.25, 0.3) is 0 Å². The van der Waals surface area contributed by atoms with Gasteiger partial charge in [-0.3, -0.25) is 0 Å². The van der Waals surface area contributed by atoms with Crippen LogP contribution in [0.4, 0.5) is 0 Å². The lowest BCUT2D eigenvalue weighted by atomic mass is 10.1. The highest BCUT2D eigenvalue weighted by Gasteiger charge is 2.10. The molecule has 0 saturated carbocycles. The van der Waals surface area contributed by atoms with E-state index in [1.165, 1.54) is 23.3 Å². The molecule has 3 rings (SSSR count). The van der Waals surface area contributed by atoms with Crippen molar-refractivity contribution in [2.75, 3.05) is 6.54 Å². The van der Waals surface area contributed by atoms with Crippen LogP contribution >= 0.6 is 0 Å². The normalized spacial score (nSPS) is 11.2. The van der Waals surface area contributed by atoms with Gasteiger partial charge in [0.05, 0.1) is 11.0 Å². The van der Waals surface area contributed by atoms with Crippen LogP contribution < -0.4 is 5.73 Å². The van der Waals surface area contributed by atoms with Gasteiger partial charge in [0, 0.05) is 13.0 Å². The Morgan fingerprint density at radius 2 is 1.61 bits per heavy atom. The third-order valence-corrected chi connectivity index (χ3v) is 4.31. The van der Waals surface area contributed by atoms with Crippen LogP contribution in [0.15, 0.2) is 54.6 Å². The molecule has 2 N–H and O–H groups in total. The first-order chi connectivity index (χ1) is 11.4. The summed E-state index contributed by atoms with van der Waals surface area (Å²) in [7, 11) is 0. The molecule has 3 nitrogen and oxygen atoms in total. The van der Waals surface area contributed by atoms with Crippen molar-refractivity contribution in [1.29, 1.82) is 0 Å². The number of imidazole rings is 1. The predicted molar refractivity (Wildman–Crippen MR) is 96.5 cm³/mol. The van der Waals surface area contributed by atoms with Gasteiger partial charge in [-0.05, 0) is 43.5 Å². The molecular weight excluding hydrogens is 282 g/mol. The fraction of sp³-hybridized carbons (Fsp3) is 0.350. The first-order valence-corrected chi connectivity index (χ1v) is 8.56. The van der Waals surface area contributed by atoms with Crippen molar-refractivity contribution in [2.45, 2.75) is 38.6 Å². The predicted octanol–water partition coefficient (Wildman–Crippen LogP) is 3.95. The second-order valence-electron chi connectivity index (χ2n) is 6.00. The van der Waals surface area contributed by atoms with Crippen LogP contribution in [0.3, 0.4) is 0 Å². The van der Waals surface area contributed by atoms with Crippen molar-refractivity contribution >= 4 is 11.0 Å². The quantitative estimate of drug-likeness (QED) is 0.640. The zero-order chi connectivity index (χ0) is 15.9. The van der Waals surface area contributed by atoms with Gasteiger partial charge in [0.15, 0.2) is 0 Å². The number of unbranched alkanes of at least 4 members (excludes halogenated alkanes) is 2. The van der Waals surface area contributed by atoms with Crippen molar-refractivity contribution in [2.24, 2.45) is 5.73 Å². The second-order valence-corrected chi connectivity index (χ2v) is 6.00. The topological polar surface area (TPSA) is 43.8 Å². The number of fused-ring (bicyclic) bond motifs is 1. The van der Waals surface area contributed by atoms with Crippen molar-refractivity contribution in [3.05, 3.63) is 66.0 Å². The molecule has 0 unspecified atom stereocenters. The van der Waals surface area contributed by atoms with Gasteiger partial charge in [-0.25, -0.2) is 4.98 Å². The lowest BCUT2D eigenvalue weighted by Gasteiger charge is -2.09. The van der Waals surface area contributed by atoms with Crippen LogP contribution in [0.25, 0.3) is 11.0 Å². The second kappa shape index (κ2) is 7.93. The van der Waals surface area contributed by atoms with E-state index in [0.717, 1.165) is 44.3 Å². The molecule has 0 aliphatic rings. The van der Waals surface area contributed by atoms with E-state index in [1.807, 2.05) is 0 Å². The van der Waals surface area contributed by atoms with E-state index in [-0.39, 0.29) is 0 Å². The maximum Gasteiger partial charge on any atom is 0.109 e. The van der Waals surface area contributed by atoms with E-state index >= 15 is 0 Å². The van der Waals surface area contributed by atoms with Gasteiger partial charge < -0.3 is 10.3 Å². The van der Waals surface area contributed by atoms with E-state index in [9.17, 15) is 0 Å². The summed E-state index contributed by atoms with van der Waals surface area (Å²) in [5.74, 6) is 1.21. The van der Waals surface area contributed by atoms with Crippen molar-refractivity contribution < 1.29 is 0 Å². The van der Waals surface area contributed by atoms with Crippen molar-refractivity contribution in [3.63, 3.8) is 0 Å². The molecule has 3 heteroatoms. The zero-order valence-electron chi connectivity index (χ0n) is 13.6. The van der Waals surface area contributed by atoms with E-state index in [1.54, 1.807) is 0 Å². The number of rotatable bonds is 8. The van der Waals surface area contributed by atoms with Crippen LogP contribution in [-0.4, -0.2) is 16.1 Å². The van der Waals surface area contributed by atoms with Gasteiger partial charge in [0.2, 0.25) is 0 Å². The molecule has 3 aromatic rings. The largest absolute Gasteiger partial charge is 0.330 e. The van der Waals surface area contributed by atoms with Gasteiger partial charge in [-0.2, -0.15) is 0 Å². The number of aromatic nitrogens is 2. The Labute approximate surface area is 138 Å². The Kier molecular flexibility index (Phi) is 5.43. The molecule has 1 aromatic heterocycles. The Bertz CT molecular complexity index is 731. The number of hydrogen-bond donors (Lipinski definition) is 1. The van der Waals surface area contributed by atoms with Crippen LogP contribution in [0.1, 0.15) is 30.7 Å². The summed E-state index contributed by atoms with van der Waals surface area (Å²) in [4.78, 5) is 4.85. The van der Waals surface area contributed by atoms with E-state index < -0.39 is 0 Å². The zero-order valence-corrected chi connectivity index (χ0v) is 13.6. The molecule has 0 aliphatic heterocycles. The first kappa shape index (κ1) is 15.8. The van der Waals surface area contributed by atoms with Crippen LogP contribution in [0.2, 0.25) is 0 Å². The molecule has 0 amide bonds. The fourth-order valence-electron chi connectivity index (χ4n) is 3.06. The van der Waals surface area contributed by atoms with Crippen LogP contribution in [-0.2, 0) is 19.4 Å². The monoisotopic (exact) mass is 307 g/mol. The van der Waals surface area contributed by atoms with Crippen LogP contribution in [0.5, 0.6) is 0 Å². The molecule has 0 aliphatic carbocycles. The van der Waals surface area contributed by atoms with Crippen molar-refractivity contribution in [1.82, 2.24) is 9.55 Å². The molecule has 1 heterocycles. The summed E-state index contributed by atoms with van der Waals surface area (Å²) >= 11 is 0. The molecule has 0 radical (unpaired) electrons.